The molecule has 5 nitrogen and oxygen atoms in total. The molecular weight excluding hydrogens is 204 g/mol. The van der Waals surface area contributed by atoms with Crippen LogP contribution in [0.5, 0.6) is 0 Å². The molecule has 1 aromatic heterocycles. The van der Waals surface area contributed by atoms with Crippen molar-refractivity contribution in [1.82, 2.24) is 10.2 Å². The third kappa shape index (κ3) is 1.93. The molecule has 0 fully saturated rings. The Bertz CT molecular complexity index is 580. The molecule has 5 heteroatoms. The van der Waals surface area contributed by atoms with Gasteiger partial charge in [0.15, 0.2) is 5.69 Å². The van der Waals surface area contributed by atoms with Crippen LogP contribution in [0.15, 0.2) is 39.3 Å². The average Bonchev–Trinajstić information content (AvgIpc) is 2.58. The SMILES string of the molecule is Cc1ccccc1N=Nc1c(C)[nH][nH]c1=O. The number of rotatable bonds is 2. The minimum absolute atomic E-state index is 0.255. The average molecular weight is 216 g/mol. The first-order valence-corrected chi connectivity index (χ1v) is 4.93. The maximum Gasteiger partial charge on any atom is 0.291 e. The quantitative estimate of drug-likeness (QED) is 0.744. The van der Waals surface area contributed by atoms with Crippen LogP contribution in [-0.2, 0) is 0 Å². The van der Waals surface area contributed by atoms with Crippen molar-refractivity contribution >= 4 is 11.4 Å². The molecule has 1 aromatic carbocycles. The summed E-state index contributed by atoms with van der Waals surface area (Å²) in [5, 5.41) is 13.2. The van der Waals surface area contributed by atoms with E-state index in [0.717, 1.165) is 11.3 Å². The van der Waals surface area contributed by atoms with Crippen LogP contribution in [0.4, 0.5) is 11.4 Å². The van der Waals surface area contributed by atoms with Gasteiger partial charge >= 0.3 is 0 Å². The molecule has 0 aliphatic heterocycles. The molecular formula is C11H12N4O. The van der Waals surface area contributed by atoms with Crippen LogP contribution in [-0.4, -0.2) is 10.2 Å². The summed E-state index contributed by atoms with van der Waals surface area (Å²) in [4.78, 5) is 11.3. The van der Waals surface area contributed by atoms with Gasteiger partial charge in [-0.25, -0.2) is 0 Å². The highest BCUT2D eigenvalue weighted by Crippen LogP contribution is 2.20. The van der Waals surface area contributed by atoms with Gasteiger partial charge in [0.05, 0.1) is 11.4 Å². The number of H-pyrrole nitrogens is 2. The number of aromatic amines is 2. The fraction of sp³-hybridized carbons (Fsp3) is 0.182. The van der Waals surface area contributed by atoms with E-state index in [9.17, 15) is 4.79 Å². The van der Waals surface area contributed by atoms with Crippen LogP contribution in [0.1, 0.15) is 11.3 Å². The number of nitrogens with one attached hydrogen (secondary N) is 2. The first kappa shape index (κ1) is 10.4. The van der Waals surface area contributed by atoms with Gasteiger partial charge in [0, 0.05) is 0 Å². The van der Waals surface area contributed by atoms with Crippen molar-refractivity contribution in [3.8, 4) is 0 Å². The van der Waals surface area contributed by atoms with Crippen LogP contribution >= 0.6 is 0 Å². The summed E-state index contributed by atoms with van der Waals surface area (Å²) in [5.41, 5.74) is 2.54. The van der Waals surface area contributed by atoms with E-state index in [1.165, 1.54) is 0 Å². The van der Waals surface area contributed by atoms with Crippen LogP contribution in [0.25, 0.3) is 0 Å². The van der Waals surface area contributed by atoms with Crippen LogP contribution in [0.3, 0.4) is 0 Å². The highest BCUT2D eigenvalue weighted by Gasteiger charge is 2.04. The van der Waals surface area contributed by atoms with Crippen molar-refractivity contribution in [3.05, 3.63) is 45.9 Å². The zero-order chi connectivity index (χ0) is 11.5. The largest absolute Gasteiger partial charge is 0.300 e. The lowest BCUT2D eigenvalue weighted by Crippen LogP contribution is -1.96. The smallest absolute Gasteiger partial charge is 0.291 e. The number of aromatic nitrogens is 2. The standard InChI is InChI=1S/C11H12N4O/c1-7-5-3-4-6-9(7)13-14-10-8(2)12-15-11(10)16/h3-6H,1-2H3,(H2,12,15,16). The predicted molar refractivity (Wildman–Crippen MR) is 61.5 cm³/mol. The summed E-state index contributed by atoms with van der Waals surface area (Å²) in [6.45, 7) is 3.71. The normalized spacial score (nSPS) is 11.1. The number of azo groups is 1. The van der Waals surface area contributed by atoms with Gasteiger partial charge in [-0.15, -0.1) is 5.11 Å². The van der Waals surface area contributed by atoms with E-state index in [0.29, 0.717) is 11.4 Å². The molecule has 0 radical (unpaired) electrons. The summed E-state index contributed by atoms with van der Waals surface area (Å²) >= 11 is 0. The van der Waals surface area contributed by atoms with E-state index in [1.807, 2.05) is 31.2 Å². The van der Waals surface area contributed by atoms with Crippen molar-refractivity contribution < 1.29 is 0 Å². The second kappa shape index (κ2) is 4.14. The Morgan fingerprint density at radius 2 is 1.81 bits per heavy atom. The van der Waals surface area contributed by atoms with Crippen molar-refractivity contribution in [2.24, 2.45) is 10.2 Å². The molecule has 0 aliphatic rings. The fourth-order valence-corrected chi connectivity index (χ4v) is 1.34. The minimum atomic E-state index is -0.255. The van der Waals surface area contributed by atoms with Crippen LogP contribution in [0, 0.1) is 13.8 Å². The van der Waals surface area contributed by atoms with Crippen molar-refractivity contribution in [3.63, 3.8) is 0 Å². The van der Waals surface area contributed by atoms with E-state index in [-0.39, 0.29) is 5.56 Å². The Morgan fingerprint density at radius 1 is 1.06 bits per heavy atom. The third-order valence-electron chi connectivity index (χ3n) is 2.31. The lowest BCUT2D eigenvalue weighted by molar-refractivity contribution is 1.02. The Balaban J connectivity index is 2.36. The van der Waals surface area contributed by atoms with E-state index in [2.05, 4.69) is 20.4 Å². The van der Waals surface area contributed by atoms with Gasteiger partial charge in [0.2, 0.25) is 0 Å². The summed E-state index contributed by atoms with van der Waals surface area (Å²) in [6.07, 6.45) is 0. The first-order valence-electron chi connectivity index (χ1n) is 4.93. The monoisotopic (exact) mass is 216 g/mol. The maximum atomic E-state index is 11.3. The fourth-order valence-electron chi connectivity index (χ4n) is 1.34. The van der Waals surface area contributed by atoms with E-state index in [4.69, 9.17) is 0 Å². The Morgan fingerprint density at radius 3 is 2.44 bits per heavy atom. The number of aryl methyl sites for hydroxylation is 2. The molecule has 0 aliphatic carbocycles. The van der Waals surface area contributed by atoms with Crippen molar-refractivity contribution in [1.29, 1.82) is 0 Å². The molecule has 0 amide bonds. The predicted octanol–water partition coefficient (Wildman–Crippen LogP) is 2.74. The summed E-state index contributed by atoms with van der Waals surface area (Å²) in [7, 11) is 0. The van der Waals surface area contributed by atoms with Gasteiger partial charge < -0.3 is 5.10 Å². The molecule has 16 heavy (non-hydrogen) atoms. The zero-order valence-electron chi connectivity index (χ0n) is 9.11. The topological polar surface area (TPSA) is 73.4 Å². The summed E-state index contributed by atoms with van der Waals surface area (Å²) < 4.78 is 0. The molecule has 0 saturated heterocycles. The highest BCUT2D eigenvalue weighted by atomic mass is 16.1. The van der Waals surface area contributed by atoms with Crippen LogP contribution in [0.2, 0.25) is 0 Å². The first-order chi connectivity index (χ1) is 7.68. The van der Waals surface area contributed by atoms with Gasteiger partial charge in [-0.2, -0.15) is 5.11 Å². The molecule has 0 unspecified atom stereocenters. The molecule has 0 atom stereocenters. The third-order valence-corrected chi connectivity index (χ3v) is 2.31. The van der Waals surface area contributed by atoms with Gasteiger partial charge in [0.25, 0.3) is 5.56 Å². The van der Waals surface area contributed by atoms with Gasteiger partial charge in [-0.05, 0) is 25.5 Å². The van der Waals surface area contributed by atoms with Crippen molar-refractivity contribution in [2.45, 2.75) is 13.8 Å². The highest BCUT2D eigenvalue weighted by molar-refractivity contribution is 5.45. The second-order valence-corrected chi connectivity index (χ2v) is 3.54. The number of hydrogen-bond acceptors (Lipinski definition) is 3. The van der Waals surface area contributed by atoms with Gasteiger partial charge in [-0.1, -0.05) is 18.2 Å². The molecule has 2 aromatic rings. The summed E-state index contributed by atoms with van der Waals surface area (Å²) in [5.74, 6) is 0. The Labute approximate surface area is 92.2 Å². The second-order valence-electron chi connectivity index (χ2n) is 3.54. The maximum absolute atomic E-state index is 11.3. The van der Waals surface area contributed by atoms with E-state index < -0.39 is 0 Å². The molecule has 0 bridgehead atoms. The minimum Gasteiger partial charge on any atom is -0.300 e. The van der Waals surface area contributed by atoms with Gasteiger partial charge in [0.1, 0.15) is 0 Å². The van der Waals surface area contributed by atoms with Gasteiger partial charge in [-0.3, -0.25) is 9.89 Å². The lowest BCUT2D eigenvalue weighted by Gasteiger charge is -1.95. The van der Waals surface area contributed by atoms with E-state index >= 15 is 0 Å². The molecule has 1 heterocycles. The van der Waals surface area contributed by atoms with Crippen LogP contribution < -0.4 is 5.56 Å². The van der Waals surface area contributed by atoms with Crippen molar-refractivity contribution in [2.75, 3.05) is 0 Å². The molecule has 0 spiro atoms. The molecule has 82 valence electrons. The molecule has 0 saturated carbocycles. The lowest BCUT2D eigenvalue weighted by atomic mass is 10.2. The number of benzene rings is 1. The zero-order valence-corrected chi connectivity index (χ0v) is 9.11. The summed E-state index contributed by atoms with van der Waals surface area (Å²) in [6, 6.07) is 7.62. The van der Waals surface area contributed by atoms with E-state index in [1.54, 1.807) is 6.92 Å². The molecule has 2 rings (SSSR count). The Hall–Kier alpha value is -2.17. The number of nitrogens with zero attached hydrogens (tertiary/aromatic N) is 2. The molecule has 2 N–H and O–H groups in total. The Kier molecular flexibility index (Phi) is 2.68. The number of hydrogen-bond donors (Lipinski definition) is 2.